The van der Waals surface area contributed by atoms with Crippen molar-refractivity contribution in [1.29, 1.82) is 0 Å². The van der Waals surface area contributed by atoms with Gasteiger partial charge in [-0.3, -0.25) is 19.3 Å². The first kappa shape index (κ1) is 20.1. The Morgan fingerprint density at radius 2 is 1.80 bits per heavy atom. The van der Waals surface area contributed by atoms with E-state index in [0.29, 0.717) is 29.4 Å². The van der Waals surface area contributed by atoms with E-state index in [1.165, 1.54) is 11.0 Å². The molecular weight excluding hydrogens is 386 g/mol. The van der Waals surface area contributed by atoms with Gasteiger partial charge in [0.25, 0.3) is 0 Å². The normalized spacial score (nSPS) is 20.6. The van der Waals surface area contributed by atoms with E-state index in [0.717, 1.165) is 12.0 Å². The van der Waals surface area contributed by atoms with Crippen molar-refractivity contribution < 1.29 is 23.5 Å². The Labute approximate surface area is 173 Å². The van der Waals surface area contributed by atoms with Gasteiger partial charge in [-0.1, -0.05) is 31.2 Å². The maximum absolute atomic E-state index is 12.5. The number of amides is 2. The molecule has 1 saturated heterocycles. The van der Waals surface area contributed by atoms with E-state index < -0.39 is 11.6 Å². The molecule has 2 heterocycles. The largest absolute Gasteiger partial charge is 0.461 e. The highest BCUT2D eigenvalue weighted by atomic mass is 16.5. The van der Waals surface area contributed by atoms with Crippen molar-refractivity contribution in [2.45, 2.75) is 39.2 Å². The molecule has 0 saturated carbocycles. The summed E-state index contributed by atoms with van der Waals surface area (Å²) < 4.78 is 10.6. The van der Waals surface area contributed by atoms with E-state index in [1.54, 1.807) is 6.07 Å². The predicted molar refractivity (Wildman–Crippen MR) is 108 cm³/mol. The van der Waals surface area contributed by atoms with Crippen LogP contribution in [0.15, 0.2) is 45.6 Å². The Hall–Kier alpha value is -3.22. The molecule has 30 heavy (non-hydrogen) atoms. The molecule has 156 valence electrons. The van der Waals surface area contributed by atoms with Crippen molar-refractivity contribution in [2.24, 2.45) is 11.8 Å². The molecule has 2 aliphatic rings. The molecule has 0 bridgehead atoms. The fourth-order valence-electron chi connectivity index (χ4n) is 4.14. The Bertz CT molecular complexity index is 1070. The zero-order valence-electron chi connectivity index (χ0n) is 16.8. The number of carbonyl (C=O) groups is 3. The fourth-order valence-corrected chi connectivity index (χ4v) is 4.14. The summed E-state index contributed by atoms with van der Waals surface area (Å²) in [7, 11) is 0. The van der Waals surface area contributed by atoms with Crippen LogP contribution in [-0.2, 0) is 32.1 Å². The average molecular weight is 409 g/mol. The molecule has 0 N–H and O–H groups in total. The first-order chi connectivity index (χ1) is 14.5. The number of nitrogens with zero attached hydrogens (tertiary/aromatic N) is 1. The van der Waals surface area contributed by atoms with E-state index in [1.807, 2.05) is 31.2 Å². The minimum Gasteiger partial charge on any atom is -0.461 e. The first-order valence-electron chi connectivity index (χ1n) is 10.2. The van der Waals surface area contributed by atoms with Crippen molar-refractivity contribution in [3.05, 3.63) is 58.0 Å². The SMILES string of the molecule is CCc1ccc2c(COC(=O)CCN3C(=O)[C@@H]4CC=CC[C@H]4C3=O)cc(=O)oc2c1. The number of aryl methyl sites for hydroxylation is 1. The fraction of sp³-hybridized carbons (Fsp3) is 0.391. The summed E-state index contributed by atoms with van der Waals surface area (Å²) in [5, 5.41) is 0.709. The summed E-state index contributed by atoms with van der Waals surface area (Å²) in [5.41, 5.74) is 1.54. The molecular formula is C23H23NO6. The third-order valence-corrected chi connectivity index (χ3v) is 5.83. The van der Waals surface area contributed by atoms with Crippen LogP contribution in [-0.4, -0.2) is 29.2 Å². The lowest BCUT2D eigenvalue weighted by Crippen LogP contribution is -2.33. The van der Waals surface area contributed by atoms with Crippen LogP contribution in [0.1, 0.15) is 37.3 Å². The number of benzene rings is 1. The van der Waals surface area contributed by atoms with Gasteiger partial charge >= 0.3 is 11.6 Å². The van der Waals surface area contributed by atoms with E-state index in [-0.39, 0.29) is 43.2 Å². The lowest BCUT2D eigenvalue weighted by Gasteiger charge is -2.14. The zero-order valence-corrected chi connectivity index (χ0v) is 16.8. The summed E-state index contributed by atoms with van der Waals surface area (Å²) in [4.78, 5) is 50.2. The second kappa shape index (κ2) is 8.26. The maximum atomic E-state index is 12.5. The molecule has 4 rings (SSSR count). The van der Waals surface area contributed by atoms with Gasteiger partial charge < -0.3 is 9.15 Å². The van der Waals surface area contributed by atoms with Gasteiger partial charge in [0.15, 0.2) is 0 Å². The molecule has 1 aromatic heterocycles. The average Bonchev–Trinajstić information content (AvgIpc) is 3.00. The van der Waals surface area contributed by atoms with Crippen molar-refractivity contribution in [3.8, 4) is 0 Å². The van der Waals surface area contributed by atoms with Gasteiger partial charge in [0.2, 0.25) is 11.8 Å². The topological polar surface area (TPSA) is 93.9 Å². The number of imide groups is 1. The summed E-state index contributed by atoms with van der Waals surface area (Å²) in [5.74, 6) is -1.56. The minimum absolute atomic E-state index is 0.0149. The first-order valence-corrected chi connectivity index (χ1v) is 10.2. The standard InChI is InChI=1S/C23H23NO6/c1-2-14-7-8-16-15(12-21(26)30-19(16)11-14)13-29-20(25)9-10-24-22(27)17-5-3-4-6-18(17)23(24)28/h3-4,7-8,11-12,17-18H,2,5-6,9-10,13H2,1H3/t17-,18-/m1/s1. The van der Waals surface area contributed by atoms with Crippen LogP contribution in [0.2, 0.25) is 0 Å². The third kappa shape index (κ3) is 3.79. The van der Waals surface area contributed by atoms with Crippen molar-refractivity contribution in [3.63, 3.8) is 0 Å². The minimum atomic E-state index is -0.532. The van der Waals surface area contributed by atoms with Crippen molar-refractivity contribution in [1.82, 2.24) is 4.90 Å². The Balaban J connectivity index is 1.38. The number of ether oxygens (including phenoxy) is 1. The van der Waals surface area contributed by atoms with E-state index in [4.69, 9.17) is 9.15 Å². The maximum Gasteiger partial charge on any atom is 0.336 e. The molecule has 1 aromatic carbocycles. The van der Waals surface area contributed by atoms with E-state index in [2.05, 4.69) is 0 Å². The van der Waals surface area contributed by atoms with Crippen LogP contribution in [0.4, 0.5) is 0 Å². The van der Waals surface area contributed by atoms with Gasteiger partial charge in [0, 0.05) is 23.6 Å². The molecule has 7 heteroatoms. The van der Waals surface area contributed by atoms with Crippen LogP contribution in [0.3, 0.4) is 0 Å². The Kier molecular flexibility index (Phi) is 5.53. The summed E-state index contributed by atoms with van der Waals surface area (Å²) in [6.07, 6.45) is 5.72. The van der Waals surface area contributed by atoms with Gasteiger partial charge in [-0.2, -0.15) is 0 Å². The van der Waals surface area contributed by atoms with E-state index in [9.17, 15) is 19.2 Å². The molecule has 1 aliphatic carbocycles. The van der Waals surface area contributed by atoms with Gasteiger partial charge in [-0.05, 0) is 30.9 Å². The quantitative estimate of drug-likeness (QED) is 0.315. The highest BCUT2D eigenvalue weighted by molar-refractivity contribution is 6.05. The van der Waals surface area contributed by atoms with Gasteiger partial charge in [-0.15, -0.1) is 0 Å². The lowest BCUT2D eigenvalue weighted by atomic mass is 9.85. The van der Waals surface area contributed by atoms with Gasteiger partial charge in [0.1, 0.15) is 12.2 Å². The molecule has 2 atom stereocenters. The number of carbonyl (C=O) groups excluding carboxylic acids is 3. The van der Waals surface area contributed by atoms with Crippen LogP contribution >= 0.6 is 0 Å². The van der Waals surface area contributed by atoms with Crippen LogP contribution in [0, 0.1) is 11.8 Å². The molecule has 2 aromatic rings. The van der Waals surface area contributed by atoms with E-state index >= 15 is 0 Å². The third-order valence-electron chi connectivity index (χ3n) is 5.83. The van der Waals surface area contributed by atoms with Crippen molar-refractivity contribution >= 4 is 28.8 Å². The molecule has 1 fully saturated rings. The zero-order chi connectivity index (χ0) is 21.3. The highest BCUT2D eigenvalue weighted by Crippen LogP contribution is 2.35. The predicted octanol–water partition coefficient (Wildman–Crippen LogP) is 2.74. The molecule has 1 aliphatic heterocycles. The van der Waals surface area contributed by atoms with Gasteiger partial charge in [0.05, 0.1) is 18.3 Å². The molecule has 0 unspecified atom stereocenters. The summed E-state index contributed by atoms with van der Waals surface area (Å²) >= 11 is 0. The smallest absolute Gasteiger partial charge is 0.336 e. The summed E-state index contributed by atoms with van der Waals surface area (Å²) in [6, 6.07) is 6.90. The Morgan fingerprint density at radius 3 is 2.47 bits per heavy atom. The number of esters is 1. The molecule has 7 nitrogen and oxygen atoms in total. The number of allylic oxidation sites excluding steroid dienone is 2. The van der Waals surface area contributed by atoms with Crippen LogP contribution in [0.25, 0.3) is 11.0 Å². The van der Waals surface area contributed by atoms with Crippen LogP contribution in [0.5, 0.6) is 0 Å². The number of rotatable bonds is 6. The molecule has 2 amide bonds. The number of hydrogen-bond acceptors (Lipinski definition) is 6. The summed E-state index contributed by atoms with van der Waals surface area (Å²) in [6.45, 7) is 1.94. The van der Waals surface area contributed by atoms with Crippen molar-refractivity contribution in [2.75, 3.05) is 6.54 Å². The monoisotopic (exact) mass is 409 g/mol. The highest BCUT2D eigenvalue weighted by Gasteiger charge is 2.46. The number of hydrogen-bond donors (Lipinski definition) is 0. The molecule has 0 spiro atoms. The van der Waals surface area contributed by atoms with Crippen LogP contribution < -0.4 is 5.63 Å². The number of likely N-dealkylation sites (tertiary alicyclic amines) is 1. The second-order valence-electron chi connectivity index (χ2n) is 7.67. The van der Waals surface area contributed by atoms with Gasteiger partial charge in [-0.25, -0.2) is 4.79 Å². The number of fused-ring (bicyclic) bond motifs is 2. The lowest BCUT2D eigenvalue weighted by molar-refractivity contribution is -0.146. The molecule has 0 radical (unpaired) electrons. The second-order valence-corrected chi connectivity index (χ2v) is 7.67. The Morgan fingerprint density at radius 1 is 1.10 bits per heavy atom.